The molecule has 1 aliphatic carbocycles. The minimum Gasteiger partial charge on any atom is -0.346 e. The smallest absolute Gasteiger partial charge is 0.223 e. The highest BCUT2D eigenvalue weighted by molar-refractivity contribution is 5.89. The van der Waals surface area contributed by atoms with Crippen LogP contribution in [0.2, 0.25) is 0 Å². The standard InChI is InChI=1S/C24H26N2O2/c1-17(23(27)15-10-18-8-13-22(25-2)14-9-18)26-24(28)21-12-11-20(16-21)19-6-4-3-5-7-19/h3-9,13-14,17,20-21H,10-12,15-16H2,1H3,(H,26,28)/t17-,20+,21+/m0/s1. The minimum atomic E-state index is -0.467. The summed E-state index contributed by atoms with van der Waals surface area (Å²) in [6.07, 6.45) is 3.75. The van der Waals surface area contributed by atoms with Gasteiger partial charge in [-0.15, -0.1) is 0 Å². The van der Waals surface area contributed by atoms with Gasteiger partial charge < -0.3 is 5.32 Å². The first-order valence-corrected chi connectivity index (χ1v) is 9.91. The Morgan fingerprint density at radius 3 is 2.50 bits per heavy atom. The molecule has 28 heavy (non-hydrogen) atoms. The van der Waals surface area contributed by atoms with Crippen molar-refractivity contribution in [3.63, 3.8) is 0 Å². The summed E-state index contributed by atoms with van der Waals surface area (Å²) in [6, 6.07) is 17.2. The summed E-state index contributed by atoms with van der Waals surface area (Å²) in [6.45, 7) is 8.74. The van der Waals surface area contributed by atoms with E-state index in [9.17, 15) is 9.59 Å². The number of Topliss-reactive ketones (excluding diaryl/α,β-unsaturated/α-hetero) is 1. The molecule has 0 saturated heterocycles. The van der Waals surface area contributed by atoms with E-state index in [1.54, 1.807) is 19.1 Å². The highest BCUT2D eigenvalue weighted by Crippen LogP contribution is 2.38. The summed E-state index contributed by atoms with van der Waals surface area (Å²) in [4.78, 5) is 28.4. The van der Waals surface area contributed by atoms with Crippen LogP contribution in [0.25, 0.3) is 4.85 Å². The number of amides is 1. The second-order valence-electron chi connectivity index (χ2n) is 7.59. The molecule has 1 N–H and O–H groups in total. The average Bonchev–Trinajstić information content (AvgIpc) is 3.23. The molecule has 1 saturated carbocycles. The van der Waals surface area contributed by atoms with Crippen molar-refractivity contribution in [2.24, 2.45) is 5.92 Å². The van der Waals surface area contributed by atoms with Gasteiger partial charge in [-0.2, -0.15) is 0 Å². The number of benzene rings is 2. The maximum atomic E-state index is 12.6. The van der Waals surface area contributed by atoms with Gasteiger partial charge >= 0.3 is 0 Å². The Morgan fingerprint density at radius 1 is 1.11 bits per heavy atom. The molecule has 0 aliphatic heterocycles. The number of hydrogen-bond donors (Lipinski definition) is 1. The number of aryl methyl sites for hydroxylation is 1. The maximum Gasteiger partial charge on any atom is 0.223 e. The topological polar surface area (TPSA) is 50.5 Å². The predicted molar refractivity (Wildman–Crippen MR) is 110 cm³/mol. The molecule has 4 nitrogen and oxygen atoms in total. The first-order chi connectivity index (χ1) is 13.6. The zero-order valence-corrected chi connectivity index (χ0v) is 16.2. The van der Waals surface area contributed by atoms with Crippen molar-refractivity contribution in [1.29, 1.82) is 0 Å². The largest absolute Gasteiger partial charge is 0.346 e. The number of carbonyl (C=O) groups is 2. The Balaban J connectivity index is 1.45. The lowest BCUT2D eigenvalue weighted by Gasteiger charge is -2.17. The second-order valence-corrected chi connectivity index (χ2v) is 7.59. The predicted octanol–water partition coefficient (Wildman–Crippen LogP) is 4.83. The van der Waals surface area contributed by atoms with Gasteiger partial charge in [0, 0.05) is 12.3 Å². The van der Waals surface area contributed by atoms with Crippen LogP contribution in [-0.2, 0) is 16.0 Å². The van der Waals surface area contributed by atoms with Crippen LogP contribution < -0.4 is 5.32 Å². The van der Waals surface area contributed by atoms with E-state index in [1.807, 2.05) is 30.3 Å². The Morgan fingerprint density at radius 2 is 1.82 bits per heavy atom. The molecule has 0 aromatic heterocycles. The molecule has 3 rings (SSSR count). The van der Waals surface area contributed by atoms with Crippen LogP contribution in [0.3, 0.4) is 0 Å². The number of hydrogen-bond acceptors (Lipinski definition) is 2. The van der Waals surface area contributed by atoms with Crippen LogP contribution in [0.5, 0.6) is 0 Å². The first kappa shape index (κ1) is 19.8. The third kappa shape index (κ3) is 5.07. The molecule has 1 amide bonds. The van der Waals surface area contributed by atoms with Crippen molar-refractivity contribution in [3.8, 4) is 0 Å². The molecule has 1 fully saturated rings. The molecular formula is C24H26N2O2. The van der Waals surface area contributed by atoms with Crippen LogP contribution >= 0.6 is 0 Å². The van der Waals surface area contributed by atoms with Crippen LogP contribution in [-0.4, -0.2) is 17.7 Å². The molecular weight excluding hydrogens is 348 g/mol. The van der Waals surface area contributed by atoms with Crippen LogP contribution in [0, 0.1) is 12.5 Å². The van der Waals surface area contributed by atoms with Gasteiger partial charge in [0.25, 0.3) is 0 Å². The van der Waals surface area contributed by atoms with Gasteiger partial charge in [0.15, 0.2) is 11.5 Å². The Kier molecular flexibility index (Phi) is 6.60. The van der Waals surface area contributed by atoms with Gasteiger partial charge in [0.1, 0.15) is 0 Å². The van der Waals surface area contributed by atoms with E-state index in [2.05, 4.69) is 22.3 Å². The minimum absolute atomic E-state index is 0.000640. The van der Waals surface area contributed by atoms with Gasteiger partial charge in [0.2, 0.25) is 5.91 Å². The molecule has 0 bridgehead atoms. The van der Waals surface area contributed by atoms with Crippen molar-refractivity contribution in [2.75, 3.05) is 0 Å². The Hall–Kier alpha value is -2.93. The number of nitrogens with one attached hydrogen (secondary N) is 1. The molecule has 1 aliphatic rings. The summed E-state index contributed by atoms with van der Waals surface area (Å²) in [7, 11) is 0. The van der Waals surface area contributed by atoms with E-state index in [0.29, 0.717) is 24.4 Å². The van der Waals surface area contributed by atoms with Crippen molar-refractivity contribution >= 4 is 17.4 Å². The number of carbonyl (C=O) groups excluding carboxylic acids is 2. The molecule has 2 aromatic carbocycles. The van der Waals surface area contributed by atoms with Crippen molar-refractivity contribution in [1.82, 2.24) is 5.32 Å². The third-order valence-corrected chi connectivity index (χ3v) is 5.64. The number of nitrogens with zero attached hydrogens (tertiary/aromatic N) is 1. The molecule has 2 aromatic rings. The fourth-order valence-electron chi connectivity index (χ4n) is 3.88. The monoisotopic (exact) mass is 374 g/mol. The van der Waals surface area contributed by atoms with Gasteiger partial charge in [-0.3, -0.25) is 9.59 Å². The molecule has 0 spiro atoms. The van der Waals surface area contributed by atoms with Gasteiger partial charge in [0.05, 0.1) is 12.6 Å². The highest BCUT2D eigenvalue weighted by Gasteiger charge is 2.31. The van der Waals surface area contributed by atoms with E-state index in [0.717, 1.165) is 24.8 Å². The maximum absolute atomic E-state index is 12.6. The van der Waals surface area contributed by atoms with Crippen molar-refractivity contribution in [3.05, 3.63) is 77.1 Å². The quantitative estimate of drug-likeness (QED) is 0.706. The summed E-state index contributed by atoms with van der Waals surface area (Å²) in [5, 5.41) is 2.92. The van der Waals surface area contributed by atoms with Crippen molar-refractivity contribution < 1.29 is 9.59 Å². The first-order valence-electron chi connectivity index (χ1n) is 9.91. The van der Waals surface area contributed by atoms with Crippen LogP contribution in [0.4, 0.5) is 5.69 Å². The molecule has 0 radical (unpaired) electrons. The van der Waals surface area contributed by atoms with E-state index in [-0.39, 0.29) is 17.6 Å². The molecule has 144 valence electrons. The van der Waals surface area contributed by atoms with Gasteiger partial charge in [-0.05, 0) is 44.1 Å². The van der Waals surface area contributed by atoms with E-state index in [4.69, 9.17) is 6.57 Å². The van der Waals surface area contributed by atoms with Gasteiger partial charge in [-0.25, -0.2) is 4.85 Å². The van der Waals surface area contributed by atoms with Gasteiger partial charge in [-0.1, -0.05) is 60.2 Å². The SMILES string of the molecule is [C-]#[N+]c1ccc(CCC(=O)[C@H](C)NC(=O)[C@@H]2CC[C@@H](c3ccccc3)C2)cc1. The van der Waals surface area contributed by atoms with E-state index < -0.39 is 6.04 Å². The van der Waals surface area contributed by atoms with Crippen LogP contribution in [0.1, 0.15) is 49.7 Å². The lowest BCUT2D eigenvalue weighted by Crippen LogP contribution is -2.41. The highest BCUT2D eigenvalue weighted by atomic mass is 16.2. The Labute approximate surface area is 166 Å². The number of ketones is 1. The van der Waals surface area contributed by atoms with E-state index in [1.165, 1.54) is 5.56 Å². The molecule has 0 unspecified atom stereocenters. The second kappa shape index (κ2) is 9.32. The normalized spacial score (nSPS) is 19.6. The third-order valence-electron chi connectivity index (χ3n) is 5.64. The zero-order valence-electron chi connectivity index (χ0n) is 16.2. The molecule has 0 heterocycles. The zero-order chi connectivity index (χ0) is 19.9. The molecule has 4 heteroatoms. The lowest BCUT2D eigenvalue weighted by atomic mass is 9.96. The van der Waals surface area contributed by atoms with Crippen molar-refractivity contribution in [2.45, 2.75) is 51.0 Å². The summed E-state index contributed by atoms with van der Waals surface area (Å²) >= 11 is 0. The van der Waals surface area contributed by atoms with Crippen LogP contribution in [0.15, 0.2) is 54.6 Å². The summed E-state index contributed by atoms with van der Waals surface area (Å²) < 4.78 is 0. The molecule has 3 atom stereocenters. The van der Waals surface area contributed by atoms with E-state index >= 15 is 0 Å². The Bertz CT molecular complexity index is 852. The number of rotatable bonds is 7. The lowest BCUT2D eigenvalue weighted by molar-refractivity contribution is -0.129. The summed E-state index contributed by atoms with van der Waals surface area (Å²) in [5.74, 6) is 0.462. The average molecular weight is 374 g/mol. The fourth-order valence-corrected chi connectivity index (χ4v) is 3.88. The summed E-state index contributed by atoms with van der Waals surface area (Å²) in [5.41, 5.74) is 2.92. The fraction of sp³-hybridized carbons (Fsp3) is 0.375.